The normalized spacial score (nSPS) is 40.8. The molecule has 12 heavy (non-hydrogen) atoms. The lowest BCUT2D eigenvalue weighted by Crippen LogP contribution is -2.35. The van der Waals surface area contributed by atoms with Crippen LogP contribution in [0.4, 0.5) is 0 Å². The van der Waals surface area contributed by atoms with Crippen LogP contribution < -0.4 is 0 Å². The van der Waals surface area contributed by atoms with E-state index in [1.165, 1.54) is 0 Å². The number of ether oxygens (including phenoxy) is 2. The van der Waals surface area contributed by atoms with Gasteiger partial charge in [-0.3, -0.25) is 4.79 Å². The maximum absolute atomic E-state index is 10.7. The third kappa shape index (κ3) is 1.21. The van der Waals surface area contributed by atoms with Gasteiger partial charge in [0.25, 0.3) is 0 Å². The maximum atomic E-state index is 10.7. The van der Waals surface area contributed by atoms with E-state index in [-0.39, 0.29) is 17.9 Å². The van der Waals surface area contributed by atoms with E-state index in [0.717, 1.165) is 12.8 Å². The fourth-order valence-electron chi connectivity index (χ4n) is 2.09. The molecule has 0 radical (unpaired) electrons. The monoisotopic (exact) mass is 172 g/mol. The second-order valence-corrected chi connectivity index (χ2v) is 3.38. The predicted molar refractivity (Wildman–Crippen MR) is 39.5 cm³/mol. The van der Waals surface area contributed by atoms with Crippen LogP contribution in [-0.2, 0) is 14.3 Å². The zero-order valence-corrected chi connectivity index (χ0v) is 6.73. The van der Waals surface area contributed by atoms with Gasteiger partial charge in [0.15, 0.2) is 0 Å². The lowest BCUT2D eigenvalue weighted by molar-refractivity contribution is -0.174. The molecule has 3 atom stereocenters. The largest absolute Gasteiger partial charge is 0.481 e. The van der Waals surface area contributed by atoms with E-state index in [1.807, 2.05) is 0 Å². The molecule has 1 saturated carbocycles. The summed E-state index contributed by atoms with van der Waals surface area (Å²) in [7, 11) is 0. The van der Waals surface area contributed by atoms with Crippen LogP contribution in [0.3, 0.4) is 0 Å². The second kappa shape index (κ2) is 3.03. The quantitative estimate of drug-likeness (QED) is 0.624. The van der Waals surface area contributed by atoms with Crippen LogP contribution in [-0.4, -0.2) is 30.6 Å². The van der Waals surface area contributed by atoms with E-state index in [1.54, 1.807) is 0 Å². The summed E-state index contributed by atoms with van der Waals surface area (Å²) < 4.78 is 10.4. The smallest absolute Gasteiger partial charge is 0.306 e. The van der Waals surface area contributed by atoms with Gasteiger partial charge in [-0.25, -0.2) is 0 Å². The Morgan fingerprint density at radius 1 is 1.42 bits per heavy atom. The number of rotatable bonds is 1. The third-order valence-electron chi connectivity index (χ3n) is 2.75. The van der Waals surface area contributed by atoms with Crippen molar-refractivity contribution < 1.29 is 19.4 Å². The molecule has 0 bridgehead atoms. The van der Waals surface area contributed by atoms with Crippen LogP contribution in [0.2, 0.25) is 0 Å². The number of aliphatic carboxylic acids is 1. The number of carbonyl (C=O) groups is 1. The van der Waals surface area contributed by atoms with E-state index in [0.29, 0.717) is 13.4 Å². The molecule has 68 valence electrons. The summed E-state index contributed by atoms with van der Waals surface area (Å²) in [6.45, 7) is 0.870. The molecule has 4 nitrogen and oxygen atoms in total. The molecule has 3 unspecified atom stereocenters. The molecule has 4 heteroatoms. The summed E-state index contributed by atoms with van der Waals surface area (Å²) in [4.78, 5) is 10.7. The lowest BCUT2D eigenvalue weighted by Gasteiger charge is -2.27. The summed E-state index contributed by atoms with van der Waals surface area (Å²) in [6.07, 6.45) is 1.72. The van der Waals surface area contributed by atoms with Crippen LogP contribution in [0.1, 0.15) is 12.8 Å². The molecule has 0 aromatic carbocycles. The van der Waals surface area contributed by atoms with Crippen molar-refractivity contribution in [2.45, 2.75) is 18.9 Å². The number of fused-ring (bicyclic) bond motifs is 1. The average molecular weight is 172 g/mol. The van der Waals surface area contributed by atoms with Crippen molar-refractivity contribution in [3.05, 3.63) is 0 Å². The highest BCUT2D eigenvalue weighted by Crippen LogP contribution is 2.36. The molecule has 1 aliphatic carbocycles. The second-order valence-electron chi connectivity index (χ2n) is 3.38. The maximum Gasteiger partial charge on any atom is 0.306 e. The highest BCUT2D eigenvalue weighted by Gasteiger charge is 2.42. The predicted octanol–water partition coefficient (Wildman–Crippen LogP) is 0.470. The zero-order chi connectivity index (χ0) is 8.55. The molecular weight excluding hydrogens is 160 g/mol. The van der Waals surface area contributed by atoms with Crippen LogP contribution >= 0.6 is 0 Å². The molecule has 0 spiro atoms. The molecule has 0 aromatic rings. The molecular formula is C8H12O4. The average Bonchev–Trinajstić information content (AvgIpc) is 2.47. The van der Waals surface area contributed by atoms with E-state index in [4.69, 9.17) is 14.6 Å². The van der Waals surface area contributed by atoms with E-state index in [9.17, 15) is 4.79 Å². The molecule has 2 fully saturated rings. The Kier molecular flexibility index (Phi) is 2.02. The molecule has 0 amide bonds. The Morgan fingerprint density at radius 2 is 2.25 bits per heavy atom. The van der Waals surface area contributed by atoms with Gasteiger partial charge in [-0.1, -0.05) is 0 Å². The topological polar surface area (TPSA) is 55.8 Å². The molecule has 1 saturated heterocycles. The minimum absolute atomic E-state index is 0.0799. The van der Waals surface area contributed by atoms with Gasteiger partial charge in [0, 0.05) is 5.92 Å². The summed E-state index contributed by atoms with van der Waals surface area (Å²) in [6, 6.07) is 0. The number of hydrogen-bond acceptors (Lipinski definition) is 3. The van der Waals surface area contributed by atoms with Crippen LogP contribution in [0.15, 0.2) is 0 Å². The molecule has 2 rings (SSSR count). The van der Waals surface area contributed by atoms with Crippen molar-refractivity contribution in [3.8, 4) is 0 Å². The highest BCUT2D eigenvalue weighted by atomic mass is 16.7. The number of carboxylic acids is 1. The minimum atomic E-state index is -0.711. The van der Waals surface area contributed by atoms with Crippen LogP contribution in [0, 0.1) is 11.8 Å². The van der Waals surface area contributed by atoms with Gasteiger partial charge < -0.3 is 14.6 Å². The fourth-order valence-corrected chi connectivity index (χ4v) is 2.09. The Balaban J connectivity index is 2.05. The first kappa shape index (κ1) is 8.01. The number of hydrogen-bond donors (Lipinski definition) is 1. The number of carboxylic acid groups (broad SMARTS) is 1. The van der Waals surface area contributed by atoms with E-state index in [2.05, 4.69) is 0 Å². The van der Waals surface area contributed by atoms with E-state index >= 15 is 0 Å². The minimum Gasteiger partial charge on any atom is -0.481 e. The Morgan fingerprint density at radius 3 is 3.00 bits per heavy atom. The molecule has 0 aromatic heterocycles. The molecule has 2 aliphatic rings. The van der Waals surface area contributed by atoms with Gasteiger partial charge in [0.2, 0.25) is 0 Å². The Labute approximate surface area is 70.5 Å². The van der Waals surface area contributed by atoms with Crippen molar-refractivity contribution in [3.63, 3.8) is 0 Å². The van der Waals surface area contributed by atoms with Crippen molar-refractivity contribution in [2.24, 2.45) is 11.8 Å². The van der Waals surface area contributed by atoms with Gasteiger partial charge in [-0.15, -0.1) is 0 Å². The van der Waals surface area contributed by atoms with Gasteiger partial charge in [0.1, 0.15) is 6.79 Å². The first-order valence-electron chi connectivity index (χ1n) is 4.21. The SMILES string of the molecule is O=C(O)C1CCC2OCOCC21. The van der Waals surface area contributed by atoms with Gasteiger partial charge in [0.05, 0.1) is 18.6 Å². The standard InChI is InChI=1S/C8H12O4/c9-8(10)5-1-2-7-6(5)3-11-4-12-7/h5-7H,1-4H2,(H,9,10). The van der Waals surface area contributed by atoms with Crippen molar-refractivity contribution in [1.82, 2.24) is 0 Å². The van der Waals surface area contributed by atoms with Crippen molar-refractivity contribution in [2.75, 3.05) is 13.4 Å². The van der Waals surface area contributed by atoms with Gasteiger partial charge in [-0.05, 0) is 12.8 Å². The Bertz CT molecular complexity index is 191. The van der Waals surface area contributed by atoms with Gasteiger partial charge >= 0.3 is 5.97 Å². The molecule has 1 heterocycles. The van der Waals surface area contributed by atoms with Crippen molar-refractivity contribution >= 4 is 5.97 Å². The first-order valence-corrected chi connectivity index (χ1v) is 4.21. The summed E-state index contributed by atoms with van der Waals surface area (Å²) in [5.74, 6) is -0.886. The van der Waals surface area contributed by atoms with E-state index < -0.39 is 5.97 Å². The molecule has 1 N–H and O–H groups in total. The third-order valence-corrected chi connectivity index (χ3v) is 2.75. The van der Waals surface area contributed by atoms with Crippen LogP contribution in [0.25, 0.3) is 0 Å². The zero-order valence-electron chi connectivity index (χ0n) is 6.73. The molecule has 1 aliphatic heterocycles. The summed E-state index contributed by atoms with van der Waals surface area (Å²) >= 11 is 0. The summed E-state index contributed by atoms with van der Waals surface area (Å²) in [5.41, 5.74) is 0. The summed E-state index contributed by atoms with van der Waals surface area (Å²) in [5, 5.41) is 8.84. The lowest BCUT2D eigenvalue weighted by atomic mass is 9.95. The van der Waals surface area contributed by atoms with Gasteiger partial charge in [-0.2, -0.15) is 0 Å². The fraction of sp³-hybridized carbons (Fsp3) is 0.875. The van der Waals surface area contributed by atoms with Crippen molar-refractivity contribution in [1.29, 1.82) is 0 Å². The highest BCUT2D eigenvalue weighted by molar-refractivity contribution is 5.71. The first-order chi connectivity index (χ1) is 5.79. The van der Waals surface area contributed by atoms with Crippen LogP contribution in [0.5, 0.6) is 0 Å². The Hall–Kier alpha value is -0.610.